The van der Waals surface area contributed by atoms with E-state index in [4.69, 9.17) is 9.15 Å². The molecule has 0 bridgehead atoms. The molecule has 1 N–H and O–H groups in total. The lowest BCUT2D eigenvalue weighted by Gasteiger charge is -2.23. The van der Waals surface area contributed by atoms with Crippen molar-refractivity contribution in [1.82, 2.24) is 0 Å². The maximum absolute atomic E-state index is 12.8. The highest BCUT2D eigenvalue weighted by atomic mass is 16.5. The standard InChI is InChI=1S/C22H19NO4/c1-22(13-14-5-3-6-16(11-14)20(24)26-2)17-12-15(19-7-4-10-27-19)8-9-18(17)23-21(22)25/h3-12H,13H2,1-2H3,(H,23,25). The molecular weight excluding hydrogens is 342 g/mol. The molecule has 0 radical (unpaired) electrons. The third-order valence-corrected chi connectivity index (χ3v) is 5.07. The number of ether oxygens (including phenoxy) is 1. The van der Waals surface area contributed by atoms with Crippen LogP contribution in [0.3, 0.4) is 0 Å². The van der Waals surface area contributed by atoms with Crippen LogP contribution in [0, 0.1) is 0 Å². The molecule has 1 amide bonds. The number of nitrogens with one attached hydrogen (secondary N) is 1. The van der Waals surface area contributed by atoms with Gasteiger partial charge in [0.05, 0.1) is 24.4 Å². The van der Waals surface area contributed by atoms with Crippen molar-refractivity contribution in [1.29, 1.82) is 0 Å². The lowest BCUT2D eigenvalue weighted by Crippen LogP contribution is -2.33. The summed E-state index contributed by atoms with van der Waals surface area (Å²) in [4.78, 5) is 24.6. The number of esters is 1. The molecule has 1 aromatic heterocycles. The van der Waals surface area contributed by atoms with Crippen molar-refractivity contribution in [3.05, 3.63) is 77.6 Å². The first-order valence-electron chi connectivity index (χ1n) is 8.68. The second-order valence-electron chi connectivity index (χ2n) is 6.89. The summed E-state index contributed by atoms with van der Waals surface area (Å²) in [5.74, 6) is 0.308. The van der Waals surface area contributed by atoms with Gasteiger partial charge in [0.2, 0.25) is 5.91 Å². The number of furan rings is 1. The van der Waals surface area contributed by atoms with Gasteiger partial charge in [-0.3, -0.25) is 4.79 Å². The molecule has 1 atom stereocenters. The molecule has 2 aromatic carbocycles. The number of benzene rings is 2. The molecule has 27 heavy (non-hydrogen) atoms. The third-order valence-electron chi connectivity index (χ3n) is 5.07. The van der Waals surface area contributed by atoms with Gasteiger partial charge < -0.3 is 14.5 Å². The zero-order valence-corrected chi connectivity index (χ0v) is 15.1. The van der Waals surface area contributed by atoms with Crippen LogP contribution < -0.4 is 5.32 Å². The number of amides is 1. The van der Waals surface area contributed by atoms with Crippen molar-refractivity contribution in [2.75, 3.05) is 12.4 Å². The van der Waals surface area contributed by atoms with Gasteiger partial charge in [0.25, 0.3) is 0 Å². The van der Waals surface area contributed by atoms with E-state index >= 15 is 0 Å². The average molecular weight is 361 g/mol. The molecule has 4 rings (SSSR count). The van der Waals surface area contributed by atoms with Crippen LogP contribution in [0.15, 0.2) is 65.3 Å². The van der Waals surface area contributed by atoms with Crippen LogP contribution in [-0.4, -0.2) is 19.0 Å². The SMILES string of the molecule is COC(=O)c1cccc(CC2(C)C(=O)Nc3ccc(-c4ccco4)cc32)c1. The van der Waals surface area contributed by atoms with Crippen LogP contribution in [0.4, 0.5) is 5.69 Å². The Morgan fingerprint density at radius 1 is 1.15 bits per heavy atom. The normalized spacial score (nSPS) is 18.1. The van der Waals surface area contributed by atoms with Crippen molar-refractivity contribution in [2.24, 2.45) is 0 Å². The fourth-order valence-electron chi connectivity index (χ4n) is 3.60. The molecule has 1 aliphatic heterocycles. The monoisotopic (exact) mass is 361 g/mol. The maximum atomic E-state index is 12.8. The fourth-order valence-corrected chi connectivity index (χ4v) is 3.60. The maximum Gasteiger partial charge on any atom is 0.337 e. The highest BCUT2D eigenvalue weighted by Gasteiger charge is 2.43. The Morgan fingerprint density at radius 3 is 2.74 bits per heavy atom. The minimum Gasteiger partial charge on any atom is -0.465 e. The van der Waals surface area contributed by atoms with E-state index in [2.05, 4.69) is 5.32 Å². The van der Waals surface area contributed by atoms with Gasteiger partial charge in [0.1, 0.15) is 5.76 Å². The molecule has 0 saturated carbocycles. The van der Waals surface area contributed by atoms with E-state index in [1.807, 2.05) is 43.3 Å². The number of carbonyl (C=O) groups is 2. The van der Waals surface area contributed by atoms with Gasteiger partial charge in [0.15, 0.2) is 0 Å². The Bertz CT molecular complexity index is 1020. The smallest absolute Gasteiger partial charge is 0.337 e. The molecular formula is C22H19NO4. The largest absolute Gasteiger partial charge is 0.465 e. The van der Waals surface area contributed by atoms with E-state index in [9.17, 15) is 9.59 Å². The van der Waals surface area contributed by atoms with Crippen LogP contribution in [0.25, 0.3) is 11.3 Å². The Hall–Kier alpha value is -3.34. The van der Waals surface area contributed by atoms with Gasteiger partial charge in [-0.2, -0.15) is 0 Å². The van der Waals surface area contributed by atoms with E-state index in [1.54, 1.807) is 24.5 Å². The zero-order valence-electron chi connectivity index (χ0n) is 15.1. The first kappa shape index (κ1) is 17.1. The molecule has 5 nitrogen and oxygen atoms in total. The Labute approximate surface area is 157 Å². The minimum absolute atomic E-state index is 0.0578. The van der Waals surface area contributed by atoms with Gasteiger partial charge >= 0.3 is 5.97 Å². The molecule has 136 valence electrons. The van der Waals surface area contributed by atoms with Gasteiger partial charge in [0, 0.05) is 11.3 Å². The third kappa shape index (κ3) is 2.91. The van der Waals surface area contributed by atoms with Crippen LogP contribution in [-0.2, 0) is 21.4 Å². The van der Waals surface area contributed by atoms with Crippen molar-refractivity contribution in [3.8, 4) is 11.3 Å². The number of methoxy groups -OCH3 is 1. The van der Waals surface area contributed by atoms with Crippen molar-refractivity contribution in [2.45, 2.75) is 18.8 Å². The van der Waals surface area contributed by atoms with E-state index in [0.717, 1.165) is 28.1 Å². The second-order valence-corrected chi connectivity index (χ2v) is 6.89. The number of carbonyl (C=O) groups excluding carboxylic acids is 2. The summed E-state index contributed by atoms with van der Waals surface area (Å²) in [6.45, 7) is 1.92. The van der Waals surface area contributed by atoms with Crippen LogP contribution in [0.1, 0.15) is 28.4 Å². The number of hydrogen-bond donors (Lipinski definition) is 1. The number of rotatable bonds is 4. The molecule has 3 aromatic rings. The summed E-state index contributed by atoms with van der Waals surface area (Å²) >= 11 is 0. The zero-order chi connectivity index (χ0) is 19.0. The number of fused-ring (bicyclic) bond motifs is 1. The minimum atomic E-state index is -0.743. The highest BCUT2D eigenvalue weighted by molar-refractivity contribution is 6.06. The predicted octanol–water partition coefficient (Wildman–Crippen LogP) is 4.19. The Morgan fingerprint density at radius 2 is 2.00 bits per heavy atom. The molecule has 0 spiro atoms. The Kier molecular flexibility index (Phi) is 4.07. The molecule has 2 heterocycles. The lowest BCUT2D eigenvalue weighted by atomic mass is 9.77. The summed E-state index contributed by atoms with van der Waals surface area (Å²) in [5, 5.41) is 2.97. The summed E-state index contributed by atoms with van der Waals surface area (Å²) in [6, 6.07) is 16.8. The average Bonchev–Trinajstić information content (AvgIpc) is 3.29. The van der Waals surface area contributed by atoms with E-state index in [1.165, 1.54) is 7.11 Å². The molecule has 0 fully saturated rings. The van der Waals surface area contributed by atoms with E-state index in [-0.39, 0.29) is 5.91 Å². The summed E-state index contributed by atoms with van der Waals surface area (Å²) in [7, 11) is 1.35. The van der Waals surface area contributed by atoms with E-state index < -0.39 is 11.4 Å². The molecule has 5 heteroatoms. The summed E-state index contributed by atoms with van der Waals surface area (Å²) in [6.07, 6.45) is 2.10. The van der Waals surface area contributed by atoms with Crippen LogP contribution in [0.5, 0.6) is 0 Å². The quantitative estimate of drug-likeness (QED) is 0.708. The van der Waals surface area contributed by atoms with Gasteiger partial charge in [-0.05, 0) is 66.9 Å². The lowest BCUT2D eigenvalue weighted by molar-refractivity contribution is -0.120. The van der Waals surface area contributed by atoms with Crippen LogP contribution >= 0.6 is 0 Å². The molecule has 0 aliphatic carbocycles. The fraction of sp³-hybridized carbons (Fsp3) is 0.182. The van der Waals surface area contributed by atoms with Crippen molar-refractivity contribution < 1.29 is 18.7 Å². The molecule has 0 saturated heterocycles. The Balaban J connectivity index is 1.72. The molecule has 1 aliphatic rings. The van der Waals surface area contributed by atoms with E-state index in [0.29, 0.717) is 12.0 Å². The first-order chi connectivity index (χ1) is 13.0. The number of anilines is 1. The van der Waals surface area contributed by atoms with Crippen molar-refractivity contribution in [3.63, 3.8) is 0 Å². The second kappa shape index (κ2) is 6.43. The number of hydrogen-bond acceptors (Lipinski definition) is 4. The van der Waals surface area contributed by atoms with Gasteiger partial charge in [-0.15, -0.1) is 0 Å². The highest BCUT2D eigenvalue weighted by Crippen LogP contribution is 2.42. The van der Waals surface area contributed by atoms with Crippen LogP contribution in [0.2, 0.25) is 0 Å². The van der Waals surface area contributed by atoms with Crippen molar-refractivity contribution >= 4 is 17.6 Å². The summed E-state index contributed by atoms with van der Waals surface area (Å²) < 4.78 is 10.3. The summed E-state index contributed by atoms with van der Waals surface area (Å²) in [5.41, 5.74) is 3.28. The molecule has 1 unspecified atom stereocenters. The van der Waals surface area contributed by atoms with Gasteiger partial charge in [-0.1, -0.05) is 12.1 Å². The first-order valence-corrected chi connectivity index (χ1v) is 8.68. The predicted molar refractivity (Wildman–Crippen MR) is 102 cm³/mol. The topological polar surface area (TPSA) is 68.5 Å². The van der Waals surface area contributed by atoms with Gasteiger partial charge in [-0.25, -0.2) is 4.79 Å².